The first-order valence-corrected chi connectivity index (χ1v) is 9.24. The molecule has 0 spiro atoms. The van der Waals surface area contributed by atoms with Gasteiger partial charge in [-0.1, -0.05) is 30.3 Å². The Morgan fingerprint density at radius 1 is 1.19 bits per heavy atom. The van der Waals surface area contributed by atoms with Crippen molar-refractivity contribution in [2.45, 2.75) is 18.8 Å². The lowest BCUT2D eigenvalue weighted by molar-refractivity contribution is 0.225. The summed E-state index contributed by atoms with van der Waals surface area (Å²) >= 11 is 0. The molecule has 2 N–H and O–H groups in total. The minimum absolute atomic E-state index is 0.0278. The van der Waals surface area contributed by atoms with E-state index in [2.05, 4.69) is 34.9 Å². The van der Waals surface area contributed by atoms with Crippen LogP contribution in [0.15, 0.2) is 30.3 Å². The van der Waals surface area contributed by atoms with Gasteiger partial charge in [0.1, 0.15) is 9.84 Å². The van der Waals surface area contributed by atoms with Crippen molar-refractivity contribution in [1.82, 2.24) is 10.6 Å². The first-order valence-electron chi connectivity index (χ1n) is 7.18. The predicted octanol–water partition coefficient (Wildman–Crippen LogP) is 1.52. The summed E-state index contributed by atoms with van der Waals surface area (Å²) in [6.07, 6.45) is 3.34. The van der Waals surface area contributed by atoms with Crippen molar-refractivity contribution in [3.8, 4) is 0 Å². The van der Waals surface area contributed by atoms with E-state index in [1.807, 2.05) is 6.07 Å². The molecule has 1 aromatic carbocycles. The molecule has 0 heterocycles. The van der Waals surface area contributed by atoms with Crippen molar-refractivity contribution >= 4 is 15.9 Å². The molecule has 0 bridgehead atoms. The lowest BCUT2D eigenvalue weighted by Gasteiger charge is -2.35. The lowest BCUT2D eigenvalue weighted by Crippen LogP contribution is -2.42. The smallest absolute Gasteiger partial charge is 0.314 e. The Labute approximate surface area is 126 Å². The zero-order valence-corrected chi connectivity index (χ0v) is 13.0. The van der Waals surface area contributed by atoms with E-state index in [1.165, 1.54) is 5.56 Å². The number of rotatable bonds is 6. The second-order valence-corrected chi connectivity index (χ2v) is 7.97. The third-order valence-corrected chi connectivity index (χ3v) is 4.76. The average Bonchev–Trinajstić information content (AvgIpc) is 2.36. The maximum absolute atomic E-state index is 11.5. The first-order chi connectivity index (χ1) is 9.94. The highest BCUT2D eigenvalue weighted by atomic mass is 32.2. The van der Waals surface area contributed by atoms with Crippen LogP contribution in [0.4, 0.5) is 4.79 Å². The molecule has 1 saturated carbocycles. The largest absolute Gasteiger partial charge is 0.338 e. The van der Waals surface area contributed by atoms with Crippen molar-refractivity contribution < 1.29 is 13.2 Å². The average molecular weight is 310 g/mol. The highest BCUT2D eigenvalue weighted by Gasteiger charge is 2.30. The number of benzene rings is 1. The van der Waals surface area contributed by atoms with Crippen LogP contribution in [0.3, 0.4) is 0 Å². The fourth-order valence-electron chi connectivity index (χ4n) is 2.55. The molecular weight excluding hydrogens is 288 g/mol. The van der Waals surface area contributed by atoms with Crippen molar-refractivity contribution in [3.63, 3.8) is 0 Å². The predicted molar refractivity (Wildman–Crippen MR) is 83.0 cm³/mol. The quantitative estimate of drug-likeness (QED) is 0.836. The van der Waals surface area contributed by atoms with Gasteiger partial charge in [-0.3, -0.25) is 0 Å². The number of sulfone groups is 1. The summed E-state index contributed by atoms with van der Waals surface area (Å²) in [4.78, 5) is 11.5. The third-order valence-electron chi connectivity index (χ3n) is 3.82. The Balaban J connectivity index is 1.59. The molecule has 0 aromatic heterocycles. The molecule has 2 amide bonds. The SMILES string of the molecule is CS(=O)(=O)CCNC(=O)NCC1CC(c2ccccc2)C1. The summed E-state index contributed by atoms with van der Waals surface area (Å²) in [5.41, 5.74) is 1.37. The summed E-state index contributed by atoms with van der Waals surface area (Å²) in [5.74, 6) is 1.09. The molecule has 0 saturated heterocycles. The van der Waals surface area contributed by atoms with E-state index < -0.39 is 9.84 Å². The van der Waals surface area contributed by atoms with Gasteiger partial charge in [-0.2, -0.15) is 0 Å². The van der Waals surface area contributed by atoms with Crippen LogP contribution >= 0.6 is 0 Å². The number of carbonyl (C=O) groups excluding carboxylic acids is 1. The van der Waals surface area contributed by atoms with Crippen molar-refractivity contribution in [2.24, 2.45) is 5.92 Å². The molecule has 0 unspecified atom stereocenters. The standard InChI is InChI=1S/C15H22N2O3S/c1-21(19,20)8-7-16-15(18)17-11-12-9-14(10-12)13-5-3-2-4-6-13/h2-6,12,14H,7-11H2,1H3,(H2,16,17,18). The zero-order valence-electron chi connectivity index (χ0n) is 12.2. The Kier molecular flexibility index (Phi) is 5.22. The number of hydrogen-bond donors (Lipinski definition) is 2. The Bertz CT molecular complexity index is 566. The molecule has 1 aromatic rings. The molecule has 0 aliphatic heterocycles. The molecule has 2 rings (SSSR count). The molecule has 21 heavy (non-hydrogen) atoms. The van der Waals surface area contributed by atoms with Gasteiger partial charge in [-0.25, -0.2) is 13.2 Å². The van der Waals surface area contributed by atoms with Crippen LogP contribution in [-0.2, 0) is 9.84 Å². The maximum atomic E-state index is 11.5. The zero-order chi connectivity index (χ0) is 15.3. The Hall–Kier alpha value is -1.56. The van der Waals surface area contributed by atoms with Gasteiger partial charge in [0.15, 0.2) is 0 Å². The van der Waals surface area contributed by atoms with Crippen molar-refractivity contribution in [3.05, 3.63) is 35.9 Å². The Morgan fingerprint density at radius 3 is 2.48 bits per heavy atom. The number of hydrogen-bond acceptors (Lipinski definition) is 3. The molecule has 1 aliphatic rings. The second kappa shape index (κ2) is 6.93. The normalized spacial score (nSPS) is 21.4. The summed E-state index contributed by atoms with van der Waals surface area (Å²) in [7, 11) is -3.02. The van der Waals surface area contributed by atoms with Crippen LogP contribution in [0.25, 0.3) is 0 Å². The topological polar surface area (TPSA) is 75.3 Å². The van der Waals surface area contributed by atoms with Gasteiger partial charge in [0.05, 0.1) is 5.75 Å². The van der Waals surface area contributed by atoms with Crippen LogP contribution in [-0.4, -0.2) is 39.5 Å². The minimum Gasteiger partial charge on any atom is -0.338 e. The molecule has 0 radical (unpaired) electrons. The molecule has 1 aliphatic carbocycles. The number of nitrogens with one attached hydrogen (secondary N) is 2. The van der Waals surface area contributed by atoms with Crippen molar-refractivity contribution in [1.29, 1.82) is 0 Å². The highest BCUT2D eigenvalue weighted by Crippen LogP contribution is 2.40. The van der Waals surface area contributed by atoms with E-state index in [0.717, 1.165) is 19.1 Å². The highest BCUT2D eigenvalue weighted by molar-refractivity contribution is 7.90. The number of amides is 2. The molecule has 5 nitrogen and oxygen atoms in total. The van der Waals surface area contributed by atoms with E-state index in [9.17, 15) is 13.2 Å². The van der Waals surface area contributed by atoms with Crippen LogP contribution in [0.1, 0.15) is 24.3 Å². The van der Waals surface area contributed by atoms with Gasteiger partial charge in [-0.15, -0.1) is 0 Å². The van der Waals surface area contributed by atoms with E-state index in [-0.39, 0.29) is 18.3 Å². The van der Waals surface area contributed by atoms with Crippen molar-refractivity contribution in [2.75, 3.05) is 25.1 Å². The Morgan fingerprint density at radius 2 is 1.86 bits per heavy atom. The molecule has 6 heteroatoms. The lowest BCUT2D eigenvalue weighted by atomic mass is 9.71. The minimum atomic E-state index is -3.02. The maximum Gasteiger partial charge on any atom is 0.314 e. The van der Waals surface area contributed by atoms with Gasteiger partial charge in [0, 0.05) is 19.3 Å². The third kappa shape index (κ3) is 5.38. The summed E-state index contributed by atoms with van der Waals surface area (Å²) in [6.45, 7) is 0.802. The van der Waals surface area contributed by atoms with Crippen LogP contribution < -0.4 is 10.6 Å². The van der Waals surface area contributed by atoms with Gasteiger partial charge >= 0.3 is 6.03 Å². The van der Waals surface area contributed by atoms with Crippen LogP contribution in [0, 0.1) is 5.92 Å². The van der Waals surface area contributed by atoms with Gasteiger partial charge in [-0.05, 0) is 30.2 Å². The summed E-state index contributed by atoms with van der Waals surface area (Å²) < 4.78 is 21.9. The second-order valence-electron chi connectivity index (χ2n) is 5.71. The molecule has 116 valence electrons. The van der Waals surface area contributed by atoms with E-state index in [1.54, 1.807) is 0 Å². The molecule has 0 atom stereocenters. The molecular formula is C15H22N2O3S. The van der Waals surface area contributed by atoms with Gasteiger partial charge < -0.3 is 10.6 Å². The fourth-order valence-corrected chi connectivity index (χ4v) is 3.02. The van der Waals surface area contributed by atoms with E-state index >= 15 is 0 Å². The fraction of sp³-hybridized carbons (Fsp3) is 0.533. The molecule has 1 fully saturated rings. The van der Waals surface area contributed by atoms with Gasteiger partial charge in [0.25, 0.3) is 0 Å². The van der Waals surface area contributed by atoms with E-state index in [4.69, 9.17) is 0 Å². The van der Waals surface area contributed by atoms with Gasteiger partial charge in [0.2, 0.25) is 0 Å². The first kappa shape index (κ1) is 15.8. The van der Waals surface area contributed by atoms with Crippen LogP contribution in [0.5, 0.6) is 0 Å². The van der Waals surface area contributed by atoms with E-state index in [0.29, 0.717) is 18.4 Å². The number of carbonyl (C=O) groups is 1. The number of urea groups is 1. The summed E-state index contributed by atoms with van der Waals surface area (Å²) in [6, 6.07) is 10.1. The van der Waals surface area contributed by atoms with Crippen LogP contribution in [0.2, 0.25) is 0 Å². The summed E-state index contributed by atoms with van der Waals surface area (Å²) in [5, 5.41) is 5.35. The monoisotopic (exact) mass is 310 g/mol.